The van der Waals surface area contributed by atoms with Crippen LogP contribution in [0.5, 0.6) is 0 Å². The molecule has 0 spiro atoms. The first-order valence-electron chi connectivity index (χ1n) is 5.58. The Kier molecular flexibility index (Phi) is 4.39. The zero-order valence-corrected chi connectivity index (χ0v) is 10.9. The molecule has 2 atom stereocenters. The Morgan fingerprint density at radius 1 is 1.71 bits per heavy atom. The summed E-state index contributed by atoms with van der Waals surface area (Å²) in [6, 6.07) is 1.71. The van der Waals surface area contributed by atoms with E-state index in [9.17, 15) is 9.90 Å². The maximum Gasteiger partial charge on any atom is 0.262 e. The number of aliphatic hydroxyl groups excluding tert-OH is 1. The van der Waals surface area contributed by atoms with Crippen molar-refractivity contribution in [2.24, 2.45) is 5.92 Å². The molecule has 2 rings (SSSR count). The number of aliphatic hydroxyl groups is 1. The molecule has 0 bridgehead atoms. The van der Waals surface area contributed by atoms with Crippen LogP contribution in [0.1, 0.15) is 16.1 Å². The van der Waals surface area contributed by atoms with Crippen LogP contribution in [0, 0.1) is 5.92 Å². The number of hydrogen-bond acceptors (Lipinski definition) is 4. The largest absolute Gasteiger partial charge is 0.391 e. The summed E-state index contributed by atoms with van der Waals surface area (Å²) in [7, 11) is 0. The van der Waals surface area contributed by atoms with E-state index in [0.29, 0.717) is 23.0 Å². The van der Waals surface area contributed by atoms with Crippen LogP contribution >= 0.6 is 22.9 Å². The van der Waals surface area contributed by atoms with E-state index >= 15 is 0 Å². The van der Waals surface area contributed by atoms with Crippen LogP contribution in [0.15, 0.2) is 11.4 Å². The van der Waals surface area contributed by atoms with Crippen LogP contribution in [-0.4, -0.2) is 36.8 Å². The van der Waals surface area contributed by atoms with Gasteiger partial charge >= 0.3 is 0 Å². The van der Waals surface area contributed by atoms with Gasteiger partial charge in [-0.2, -0.15) is 0 Å². The first kappa shape index (κ1) is 12.8. The highest BCUT2D eigenvalue weighted by molar-refractivity contribution is 7.12. The van der Waals surface area contributed by atoms with Crippen LogP contribution in [0.3, 0.4) is 0 Å². The molecule has 0 saturated carbocycles. The molecule has 1 aromatic heterocycles. The standard InChI is InChI=1S/C11H15ClN2O2S/c12-8-2-4-17-10(8)11(16)14-5-7-1-3-13-6-9(7)15/h2,4,7,9,13,15H,1,3,5-6H2,(H,14,16)/t7-,9+/m0/s1. The molecule has 0 unspecified atom stereocenters. The fourth-order valence-electron chi connectivity index (χ4n) is 1.89. The van der Waals surface area contributed by atoms with Gasteiger partial charge in [0.1, 0.15) is 4.88 Å². The number of nitrogens with one attached hydrogen (secondary N) is 2. The van der Waals surface area contributed by atoms with Crippen molar-refractivity contribution in [2.75, 3.05) is 19.6 Å². The number of rotatable bonds is 3. The Hall–Kier alpha value is -0.620. The lowest BCUT2D eigenvalue weighted by Crippen LogP contribution is -2.45. The van der Waals surface area contributed by atoms with Gasteiger partial charge in [0.25, 0.3) is 5.91 Å². The normalized spacial score (nSPS) is 24.6. The van der Waals surface area contributed by atoms with Crippen molar-refractivity contribution >= 4 is 28.8 Å². The van der Waals surface area contributed by atoms with Crippen molar-refractivity contribution in [3.05, 3.63) is 21.3 Å². The van der Waals surface area contributed by atoms with Gasteiger partial charge in [-0.15, -0.1) is 11.3 Å². The van der Waals surface area contributed by atoms with Crippen molar-refractivity contribution in [3.63, 3.8) is 0 Å². The second kappa shape index (κ2) is 5.82. The van der Waals surface area contributed by atoms with E-state index in [-0.39, 0.29) is 17.9 Å². The highest BCUT2D eigenvalue weighted by Crippen LogP contribution is 2.21. The highest BCUT2D eigenvalue weighted by atomic mass is 35.5. The Balaban J connectivity index is 1.86. The van der Waals surface area contributed by atoms with Crippen LogP contribution in [0.4, 0.5) is 0 Å². The third-order valence-electron chi connectivity index (χ3n) is 2.94. The molecule has 1 amide bonds. The smallest absolute Gasteiger partial charge is 0.262 e. The average Bonchev–Trinajstić information content (AvgIpc) is 2.74. The molecule has 0 aromatic carbocycles. The molecule has 1 aromatic rings. The van der Waals surface area contributed by atoms with Crippen LogP contribution in [0.25, 0.3) is 0 Å². The predicted octanol–water partition coefficient (Wildman–Crippen LogP) is 1.10. The summed E-state index contributed by atoms with van der Waals surface area (Å²) >= 11 is 7.20. The van der Waals surface area contributed by atoms with Gasteiger partial charge < -0.3 is 15.7 Å². The lowest BCUT2D eigenvalue weighted by molar-refractivity contribution is 0.0755. The predicted molar refractivity (Wildman–Crippen MR) is 68.6 cm³/mol. The van der Waals surface area contributed by atoms with E-state index in [2.05, 4.69) is 10.6 Å². The van der Waals surface area contributed by atoms with Crippen molar-refractivity contribution in [1.82, 2.24) is 10.6 Å². The minimum absolute atomic E-state index is 0.124. The fraction of sp³-hybridized carbons (Fsp3) is 0.545. The van der Waals surface area contributed by atoms with Gasteiger partial charge in [-0.25, -0.2) is 0 Å². The molecule has 17 heavy (non-hydrogen) atoms. The van der Waals surface area contributed by atoms with E-state index in [0.717, 1.165) is 13.0 Å². The first-order chi connectivity index (χ1) is 8.18. The molecule has 3 N–H and O–H groups in total. The summed E-state index contributed by atoms with van der Waals surface area (Å²) in [5.74, 6) is -0.0327. The lowest BCUT2D eigenvalue weighted by Gasteiger charge is -2.28. The summed E-state index contributed by atoms with van der Waals surface area (Å²) in [6.45, 7) is 1.98. The van der Waals surface area contributed by atoms with Crippen molar-refractivity contribution < 1.29 is 9.90 Å². The van der Waals surface area contributed by atoms with E-state index in [1.54, 1.807) is 11.4 Å². The monoisotopic (exact) mass is 274 g/mol. The van der Waals surface area contributed by atoms with Crippen LogP contribution < -0.4 is 10.6 Å². The van der Waals surface area contributed by atoms with E-state index in [1.807, 2.05) is 0 Å². The molecule has 0 radical (unpaired) electrons. The molecule has 1 aliphatic heterocycles. The molecule has 94 valence electrons. The zero-order chi connectivity index (χ0) is 12.3. The summed E-state index contributed by atoms with van der Waals surface area (Å²) < 4.78 is 0. The number of hydrogen-bond donors (Lipinski definition) is 3. The van der Waals surface area contributed by atoms with Gasteiger partial charge in [-0.3, -0.25) is 4.79 Å². The van der Waals surface area contributed by atoms with Gasteiger partial charge in [-0.1, -0.05) is 11.6 Å². The molecule has 0 aliphatic carbocycles. The summed E-state index contributed by atoms with van der Waals surface area (Å²) in [5.41, 5.74) is 0. The number of amides is 1. The Morgan fingerprint density at radius 2 is 2.53 bits per heavy atom. The second-order valence-corrected chi connectivity index (χ2v) is 5.45. The number of carbonyl (C=O) groups is 1. The molecule has 4 nitrogen and oxygen atoms in total. The van der Waals surface area contributed by atoms with Crippen molar-refractivity contribution in [1.29, 1.82) is 0 Å². The topological polar surface area (TPSA) is 61.4 Å². The van der Waals surface area contributed by atoms with E-state index in [4.69, 9.17) is 11.6 Å². The second-order valence-electron chi connectivity index (χ2n) is 4.13. The fourth-order valence-corrected chi connectivity index (χ4v) is 2.95. The molecule has 1 fully saturated rings. The third kappa shape index (κ3) is 3.19. The van der Waals surface area contributed by atoms with Crippen molar-refractivity contribution in [3.8, 4) is 0 Å². The number of piperidine rings is 1. The minimum Gasteiger partial charge on any atom is -0.391 e. The van der Waals surface area contributed by atoms with Crippen LogP contribution in [0.2, 0.25) is 5.02 Å². The SMILES string of the molecule is O=C(NC[C@@H]1CCNC[C@H]1O)c1sccc1Cl. The van der Waals surface area contributed by atoms with Gasteiger partial charge in [0.05, 0.1) is 11.1 Å². The quantitative estimate of drug-likeness (QED) is 0.774. The highest BCUT2D eigenvalue weighted by Gasteiger charge is 2.23. The summed E-state index contributed by atoms with van der Waals surface area (Å²) in [4.78, 5) is 12.3. The molecule has 1 saturated heterocycles. The average molecular weight is 275 g/mol. The Bertz CT molecular complexity index is 397. The maximum atomic E-state index is 11.8. The maximum absolute atomic E-state index is 11.8. The number of β-amino-alcohol motifs (C(OH)–C–C–N with tert-alkyl or cyclic N) is 1. The van der Waals surface area contributed by atoms with Gasteiger partial charge in [-0.05, 0) is 24.4 Å². The lowest BCUT2D eigenvalue weighted by atomic mass is 9.95. The Morgan fingerprint density at radius 3 is 3.18 bits per heavy atom. The molecule has 1 aliphatic rings. The number of thiophene rings is 1. The summed E-state index contributed by atoms with van der Waals surface area (Å²) in [5, 5.41) is 17.9. The molecular weight excluding hydrogens is 260 g/mol. The van der Waals surface area contributed by atoms with Crippen molar-refractivity contribution in [2.45, 2.75) is 12.5 Å². The third-order valence-corrected chi connectivity index (χ3v) is 4.28. The molecule has 6 heteroatoms. The molecular formula is C11H15ClN2O2S. The van der Waals surface area contributed by atoms with E-state index in [1.165, 1.54) is 11.3 Å². The minimum atomic E-state index is -0.386. The van der Waals surface area contributed by atoms with Gasteiger partial charge in [0, 0.05) is 19.0 Å². The number of halogens is 1. The van der Waals surface area contributed by atoms with Crippen LogP contribution in [-0.2, 0) is 0 Å². The molecule has 2 heterocycles. The zero-order valence-electron chi connectivity index (χ0n) is 9.28. The summed E-state index contributed by atoms with van der Waals surface area (Å²) in [6.07, 6.45) is 0.488. The number of carbonyl (C=O) groups excluding carboxylic acids is 1. The van der Waals surface area contributed by atoms with Gasteiger partial charge in [0.2, 0.25) is 0 Å². The first-order valence-corrected chi connectivity index (χ1v) is 6.84. The van der Waals surface area contributed by atoms with E-state index < -0.39 is 0 Å². The Labute approximate surface area is 109 Å². The van der Waals surface area contributed by atoms with Gasteiger partial charge in [0.15, 0.2) is 0 Å².